The Labute approximate surface area is 138 Å². The maximum absolute atomic E-state index is 5.90. The Morgan fingerprint density at radius 3 is 2.78 bits per heavy atom. The lowest BCUT2D eigenvalue weighted by Crippen LogP contribution is -2.27. The number of benzene rings is 1. The van der Waals surface area contributed by atoms with Gasteiger partial charge in [0.15, 0.2) is 0 Å². The Morgan fingerprint density at radius 2 is 2.00 bits per heavy atom. The molecule has 3 nitrogen and oxygen atoms in total. The van der Waals surface area contributed by atoms with Gasteiger partial charge in [0.2, 0.25) is 5.88 Å². The lowest BCUT2D eigenvalue weighted by Gasteiger charge is -2.22. The van der Waals surface area contributed by atoms with E-state index in [4.69, 9.17) is 9.72 Å². The summed E-state index contributed by atoms with van der Waals surface area (Å²) in [6, 6.07) is 14.4. The molecule has 0 spiro atoms. The minimum absolute atomic E-state index is 0.532. The fraction of sp³-hybridized carbons (Fsp3) is 0.350. The molecule has 0 amide bonds. The van der Waals surface area contributed by atoms with Crippen LogP contribution < -0.4 is 10.1 Å². The quantitative estimate of drug-likeness (QED) is 0.900. The third kappa shape index (κ3) is 4.20. The highest BCUT2D eigenvalue weighted by molar-refractivity contribution is 5.61. The van der Waals surface area contributed by atoms with E-state index in [0.717, 1.165) is 48.3 Å². The van der Waals surface area contributed by atoms with Gasteiger partial charge in [0.25, 0.3) is 0 Å². The molecule has 1 aromatic heterocycles. The van der Waals surface area contributed by atoms with E-state index in [-0.39, 0.29) is 0 Å². The third-order valence-corrected chi connectivity index (χ3v) is 4.31. The van der Waals surface area contributed by atoms with E-state index in [1.165, 1.54) is 0 Å². The van der Waals surface area contributed by atoms with E-state index in [0.29, 0.717) is 18.4 Å². The summed E-state index contributed by atoms with van der Waals surface area (Å²) in [5, 5.41) is 3.39. The number of pyridine rings is 1. The number of nitrogens with zero attached hydrogens (tertiary/aromatic N) is 1. The monoisotopic (exact) mass is 308 g/mol. The van der Waals surface area contributed by atoms with Crippen molar-refractivity contribution in [3.05, 3.63) is 65.9 Å². The molecule has 0 unspecified atom stereocenters. The molecule has 0 bridgehead atoms. The lowest BCUT2D eigenvalue weighted by molar-refractivity contribution is 0.291. The predicted octanol–water partition coefficient (Wildman–Crippen LogP) is 4.16. The molecule has 1 aliphatic rings. The molecule has 0 aliphatic carbocycles. The van der Waals surface area contributed by atoms with E-state index in [9.17, 15) is 0 Å². The molecule has 2 heterocycles. The first-order chi connectivity index (χ1) is 11.2. The molecule has 120 valence electrons. The van der Waals surface area contributed by atoms with Crippen molar-refractivity contribution in [3.63, 3.8) is 0 Å². The molecule has 2 aromatic rings. The second kappa shape index (κ2) is 7.42. The van der Waals surface area contributed by atoms with Crippen LogP contribution in [0.15, 0.2) is 49.0 Å². The van der Waals surface area contributed by atoms with E-state index >= 15 is 0 Å². The van der Waals surface area contributed by atoms with Crippen LogP contribution in [0.1, 0.15) is 42.5 Å². The zero-order chi connectivity index (χ0) is 16.1. The second-order valence-electron chi connectivity index (χ2n) is 6.19. The minimum atomic E-state index is 0.532. The van der Waals surface area contributed by atoms with Crippen molar-refractivity contribution < 1.29 is 4.74 Å². The van der Waals surface area contributed by atoms with Gasteiger partial charge in [-0.25, -0.2) is 4.98 Å². The van der Waals surface area contributed by atoms with Crippen LogP contribution in [0.2, 0.25) is 0 Å². The van der Waals surface area contributed by atoms with Crippen LogP contribution in [0.3, 0.4) is 0 Å². The van der Waals surface area contributed by atoms with Crippen LogP contribution in [-0.4, -0.2) is 18.1 Å². The number of aromatic nitrogens is 1. The number of nitrogens with one attached hydrogen (secondary N) is 1. The molecular formula is C20H24N2O. The predicted molar refractivity (Wildman–Crippen MR) is 94.6 cm³/mol. The molecule has 23 heavy (non-hydrogen) atoms. The fourth-order valence-electron chi connectivity index (χ4n) is 2.94. The van der Waals surface area contributed by atoms with Crippen LogP contribution in [-0.2, 0) is 6.61 Å². The van der Waals surface area contributed by atoms with E-state index in [1.807, 2.05) is 25.1 Å². The maximum atomic E-state index is 5.90. The largest absolute Gasteiger partial charge is 0.473 e. The highest BCUT2D eigenvalue weighted by Crippen LogP contribution is 2.25. The van der Waals surface area contributed by atoms with Gasteiger partial charge in [-0.15, -0.1) is 0 Å². The van der Waals surface area contributed by atoms with E-state index in [1.54, 1.807) is 0 Å². The van der Waals surface area contributed by atoms with Gasteiger partial charge in [0.05, 0.1) is 0 Å². The molecule has 3 rings (SSSR count). The van der Waals surface area contributed by atoms with Crippen molar-refractivity contribution in [2.45, 2.75) is 32.3 Å². The van der Waals surface area contributed by atoms with Gasteiger partial charge in [-0.2, -0.15) is 0 Å². The Balaban J connectivity index is 1.66. The number of ether oxygens (including phenoxy) is 1. The number of hydrogen-bond donors (Lipinski definition) is 1. The van der Waals surface area contributed by atoms with Crippen molar-refractivity contribution in [3.8, 4) is 5.88 Å². The molecule has 1 N–H and O–H groups in total. The average Bonchev–Trinajstić information content (AvgIpc) is 2.61. The summed E-state index contributed by atoms with van der Waals surface area (Å²) >= 11 is 0. The highest BCUT2D eigenvalue weighted by Gasteiger charge is 2.16. The Morgan fingerprint density at radius 1 is 1.22 bits per heavy atom. The zero-order valence-electron chi connectivity index (χ0n) is 13.7. The first-order valence-corrected chi connectivity index (χ1v) is 8.27. The van der Waals surface area contributed by atoms with Gasteiger partial charge in [0, 0.05) is 17.7 Å². The highest BCUT2D eigenvalue weighted by atomic mass is 16.5. The summed E-state index contributed by atoms with van der Waals surface area (Å²) in [6.45, 7) is 8.69. The number of allylic oxidation sites excluding steroid dienone is 1. The molecular weight excluding hydrogens is 284 g/mol. The van der Waals surface area contributed by atoms with Gasteiger partial charge in [-0.1, -0.05) is 36.4 Å². The number of rotatable bonds is 5. The maximum Gasteiger partial charge on any atom is 0.213 e. The first kappa shape index (κ1) is 15.8. The van der Waals surface area contributed by atoms with Crippen molar-refractivity contribution in [2.24, 2.45) is 0 Å². The number of hydrogen-bond acceptors (Lipinski definition) is 3. The third-order valence-electron chi connectivity index (χ3n) is 4.31. The zero-order valence-corrected chi connectivity index (χ0v) is 13.7. The van der Waals surface area contributed by atoms with E-state index < -0.39 is 0 Å². The summed E-state index contributed by atoms with van der Waals surface area (Å²) in [7, 11) is 0. The summed E-state index contributed by atoms with van der Waals surface area (Å²) in [5.74, 6) is 1.26. The molecule has 0 radical (unpaired) electrons. The summed E-state index contributed by atoms with van der Waals surface area (Å²) in [4.78, 5) is 4.70. The molecule has 1 fully saturated rings. The SMILES string of the molecule is C=C(C)c1cccc(COc2cccc(C3CCNCC3)n2)c1. The van der Waals surface area contributed by atoms with Gasteiger partial charge in [0.1, 0.15) is 6.61 Å². The Kier molecular flexibility index (Phi) is 5.09. The summed E-state index contributed by atoms with van der Waals surface area (Å²) in [5.41, 5.74) is 4.51. The minimum Gasteiger partial charge on any atom is -0.473 e. The molecule has 0 saturated carbocycles. The topological polar surface area (TPSA) is 34.1 Å². The molecule has 1 aromatic carbocycles. The van der Waals surface area contributed by atoms with E-state index in [2.05, 4.69) is 36.2 Å². The average molecular weight is 308 g/mol. The lowest BCUT2D eigenvalue weighted by atomic mass is 9.94. The van der Waals surface area contributed by atoms with Crippen LogP contribution in [0.5, 0.6) is 5.88 Å². The normalized spacial score (nSPS) is 15.3. The van der Waals surface area contributed by atoms with Crippen molar-refractivity contribution in [1.82, 2.24) is 10.3 Å². The van der Waals surface area contributed by atoms with Gasteiger partial charge in [-0.3, -0.25) is 0 Å². The van der Waals surface area contributed by atoms with Gasteiger partial charge >= 0.3 is 0 Å². The van der Waals surface area contributed by atoms with Crippen LogP contribution in [0.4, 0.5) is 0 Å². The smallest absolute Gasteiger partial charge is 0.213 e. The van der Waals surface area contributed by atoms with Crippen molar-refractivity contribution in [2.75, 3.05) is 13.1 Å². The van der Waals surface area contributed by atoms with Crippen LogP contribution >= 0.6 is 0 Å². The number of piperidine rings is 1. The van der Waals surface area contributed by atoms with Crippen LogP contribution in [0.25, 0.3) is 5.57 Å². The van der Waals surface area contributed by atoms with Gasteiger partial charge < -0.3 is 10.1 Å². The molecule has 3 heteroatoms. The Bertz CT molecular complexity index is 675. The van der Waals surface area contributed by atoms with Crippen LogP contribution in [0, 0.1) is 0 Å². The Hall–Kier alpha value is -2.13. The van der Waals surface area contributed by atoms with Gasteiger partial charge in [-0.05, 0) is 56.1 Å². The van der Waals surface area contributed by atoms with Crippen molar-refractivity contribution >= 4 is 5.57 Å². The first-order valence-electron chi connectivity index (χ1n) is 8.27. The summed E-state index contributed by atoms with van der Waals surface area (Å²) < 4.78 is 5.90. The molecule has 1 saturated heterocycles. The standard InChI is InChI=1S/C20H24N2O/c1-15(2)18-6-3-5-16(13-18)14-23-20-8-4-7-19(22-20)17-9-11-21-12-10-17/h3-8,13,17,21H,1,9-12,14H2,2H3. The second-order valence-corrected chi connectivity index (χ2v) is 6.19. The molecule has 1 aliphatic heterocycles. The van der Waals surface area contributed by atoms with Crippen molar-refractivity contribution in [1.29, 1.82) is 0 Å². The fourth-order valence-corrected chi connectivity index (χ4v) is 2.94. The molecule has 0 atom stereocenters. The summed E-state index contributed by atoms with van der Waals surface area (Å²) in [6.07, 6.45) is 2.30.